The Hall–Kier alpha value is -1.37. The van der Waals surface area contributed by atoms with Crippen LogP contribution in [0.5, 0.6) is 0 Å². The number of hydrogen-bond acceptors (Lipinski definition) is 3. The molecule has 1 aromatic carbocycles. The van der Waals surface area contributed by atoms with Crippen LogP contribution in [-0.2, 0) is 11.0 Å². The van der Waals surface area contributed by atoms with Crippen LogP contribution >= 0.6 is 0 Å². The highest BCUT2D eigenvalue weighted by molar-refractivity contribution is 6.74. The van der Waals surface area contributed by atoms with Crippen molar-refractivity contribution in [2.24, 2.45) is 0 Å². The predicted octanol–water partition coefficient (Wildman–Crippen LogP) is 3.92. The van der Waals surface area contributed by atoms with Gasteiger partial charge < -0.3 is 19.7 Å². The molecule has 0 aliphatic carbocycles. The number of carbonyl (C=O) groups is 1. The van der Waals surface area contributed by atoms with Crippen molar-refractivity contribution >= 4 is 14.4 Å². The molecule has 2 atom stereocenters. The first kappa shape index (κ1) is 19.9. The van der Waals surface area contributed by atoms with Crippen molar-refractivity contribution in [1.29, 1.82) is 0 Å². The maximum Gasteiger partial charge on any atom is 0.407 e. The Morgan fingerprint density at radius 2 is 1.96 bits per heavy atom. The molecule has 5 nitrogen and oxygen atoms in total. The molecule has 2 rings (SSSR count). The minimum absolute atomic E-state index is 0.000479. The molecule has 140 valence electrons. The normalized spacial score (nSPS) is 21.6. The van der Waals surface area contributed by atoms with Gasteiger partial charge in [0.1, 0.15) is 0 Å². The van der Waals surface area contributed by atoms with Crippen molar-refractivity contribution in [1.82, 2.24) is 10.2 Å². The smallest absolute Gasteiger partial charge is 0.407 e. The van der Waals surface area contributed by atoms with Gasteiger partial charge in [-0.15, -0.1) is 0 Å². The molecule has 2 N–H and O–H groups in total. The van der Waals surface area contributed by atoms with Gasteiger partial charge in [-0.1, -0.05) is 51.1 Å². The molecule has 0 bridgehead atoms. The zero-order valence-corrected chi connectivity index (χ0v) is 17.1. The van der Waals surface area contributed by atoms with E-state index in [-0.39, 0.29) is 17.2 Å². The van der Waals surface area contributed by atoms with Gasteiger partial charge in [0.2, 0.25) is 0 Å². The van der Waals surface area contributed by atoms with Crippen LogP contribution in [0.15, 0.2) is 30.3 Å². The van der Waals surface area contributed by atoms with Crippen LogP contribution in [-0.4, -0.2) is 49.7 Å². The summed E-state index contributed by atoms with van der Waals surface area (Å²) in [7, 11) is -1.89. The van der Waals surface area contributed by atoms with E-state index in [9.17, 15) is 9.90 Å². The minimum atomic E-state index is -1.89. The van der Waals surface area contributed by atoms with Crippen LogP contribution in [0, 0.1) is 0 Å². The van der Waals surface area contributed by atoms with Crippen LogP contribution in [0.25, 0.3) is 0 Å². The van der Waals surface area contributed by atoms with E-state index >= 15 is 0 Å². The summed E-state index contributed by atoms with van der Waals surface area (Å²) < 4.78 is 6.44. The molecule has 1 heterocycles. The second-order valence-corrected chi connectivity index (χ2v) is 13.2. The summed E-state index contributed by atoms with van der Waals surface area (Å²) >= 11 is 0. The summed E-state index contributed by atoms with van der Waals surface area (Å²) in [5.74, 6) is 0. The molecular formula is C19H32N2O3Si. The fourth-order valence-corrected chi connectivity index (χ4v) is 4.32. The van der Waals surface area contributed by atoms with Crippen LogP contribution in [0.3, 0.4) is 0 Å². The first-order valence-corrected chi connectivity index (χ1v) is 11.9. The molecule has 25 heavy (non-hydrogen) atoms. The van der Waals surface area contributed by atoms with E-state index < -0.39 is 14.4 Å². The Morgan fingerprint density at radius 3 is 2.52 bits per heavy atom. The lowest BCUT2D eigenvalue weighted by molar-refractivity contribution is 0.132. The van der Waals surface area contributed by atoms with E-state index in [1.807, 2.05) is 18.2 Å². The van der Waals surface area contributed by atoms with E-state index in [0.717, 1.165) is 13.0 Å². The Balaban J connectivity index is 1.92. The molecule has 0 unspecified atom stereocenters. The second-order valence-electron chi connectivity index (χ2n) is 8.44. The number of hydrogen-bond donors (Lipinski definition) is 2. The number of likely N-dealkylation sites (tertiary alicyclic amines) is 1. The van der Waals surface area contributed by atoms with Crippen molar-refractivity contribution in [3.63, 3.8) is 0 Å². The second kappa shape index (κ2) is 7.89. The first-order valence-electron chi connectivity index (χ1n) is 9.02. The summed E-state index contributed by atoms with van der Waals surface area (Å²) in [5.41, 5.74) is 1.21. The molecule has 0 aromatic heterocycles. The van der Waals surface area contributed by atoms with Crippen molar-refractivity contribution in [3.05, 3.63) is 35.9 Å². The van der Waals surface area contributed by atoms with Crippen molar-refractivity contribution in [2.45, 2.75) is 64.0 Å². The minimum Gasteiger partial charge on any atom is -0.465 e. The van der Waals surface area contributed by atoms with Gasteiger partial charge in [-0.05, 0) is 30.1 Å². The summed E-state index contributed by atoms with van der Waals surface area (Å²) in [6, 6.07) is 10.1. The quantitative estimate of drug-likeness (QED) is 0.751. The Bertz CT molecular complexity index is 572. The maximum atomic E-state index is 11.6. The highest BCUT2D eigenvalue weighted by atomic mass is 28.4. The Labute approximate surface area is 152 Å². The van der Waals surface area contributed by atoms with E-state index in [1.165, 1.54) is 10.5 Å². The van der Waals surface area contributed by atoms with Crippen LogP contribution < -0.4 is 5.32 Å². The van der Waals surface area contributed by atoms with Crippen LogP contribution in [0.1, 0.15) is 32.8 Å². The third-order valence-electron chi connectivity index (χ3n) is 5.44. The number of nitrogens with zero attached hydrogens (tertiary/aromatic N) is 1. The molecule has 0 spiro atoms. The Morgan fingerprint density at radius 1 is 1.32 bits per heavy atom. The van der Waals surface area contributed by atoms with Gasteiger partial charge in [0.05, 0.1) is 12.1 Å². The molecule has 0 radical (unpaired) electrons. The number of amides is 1. The third-order valence-corrected chi connectivity index (χ3v) is 9.98. The largest absolute Gasteiger partial charge is 0.465 e. The zero-order chi connectivity index (χ0) is 18.7. The van der Waals surface area contributed by atoms with E-state index in [4.69, 9.17) is 4.43 Å². The van der Waals surface area contributed by atoms with Crippen LogP contribution in [0.4, 0.5) is 4.79 Å². The topological polar surface area (TPSA) is 61.8 Å². The fourth-order valence-electron chi connectivity index (χ4n) is 2.96. The molecule has 1 aliphatic rings. The van der Waals surface area contributed by atoms with Gasteiger partial charge in [0.15, 0.2) is 8.32 Å². The molecule has 6 heteroatoms. The van der Waals surface area contributed by atoms with Crippen LogP contribution in [0.2, 0.25) is 18.1 Å². The highest BCUT2D eigenvalue weighted by Gasteiger charge is 2.43. The van der Waals surface area contributed by atoms with E-state index in [1.54, 1.807) is 0 Å². The standard InChI is InChI=1S/C19H32N2O3Si/c1-19(2,3)25(4,5)24-17-11-16(21(14-17)18(22)23)13-20-12-15-9-7-6-8-10-15/h6-10,16-17,20H,11-14H2,1-5H3,(H,22,23)/t16-,17+/m0/s1. The number of nitrogens with one attached hydrogen (secondary N) is 1. The summed E-state index contributed by atoms with van der Waals surface area (Å²) in [6.45, 7) is 12.9. The van der Waals surface area contributed by atoms with Gasteiger partial charge in [-0.25, -0.2) is 4.79 Å². The number of rotatable bonds is 6. The molecule has 1 fully saturated rings. The van der Waals surface area contributed by atoms with Crippen molar-refractivity contribution in [2.75, 3.05) is 13.1 Å². The molecular weight excluding hydrogens is 332 g/mol. The highest BCUT2D eigenvalue weighted by Crippen LogP contribution is 2.38. The van der Waals surface area contributed by atoms with E-state index in [2.05, 4.69) is 51.3 Å². The van der Waals surface area contributed by atoms with Gasteiger partial charge in [0, 0.05) is 19.6 Å². The van der Waals surface area contributed by atoms with Crippen molar-refractivity contribution < 1.29 is 14.3 Å². The monoisotopic (exact) mass is 364 g/mol. The molecule has 1 aliphatic heterocycles. The van der Waals surface area contributed by atoms with Gasteiger partial charge in [-0.3, -0.25) is 0 Å². The van der Waals surface area contributed by atoms with Gasteiger partial charge >= 0.3 is 6.09 Å². The lowest BCUT2D eigenvalue weighted by Gasteiger charge is -2.38. The molecule has 1 aromatic rings. The molecule has 1 saturated heterocycles. The fraction of sp³-hybridized carbons (Fsp3) is 0.632. The van der Waals surface area contributed by atoms with Gasteiger partial charge in [-0.2, -0.15) is 0 Å². The third kappa shape index (κ3) is 5.30. The zero-order valence-electron chi connectivity index (χ0n) is 16.1. The lowest BCUT2D eigenvalue weighted by Crippen LogP contribution is -2.44. The summed E-state index contributed by atoms with van der Waals surface area (Å²) in [5, 5.41) is 13.1. The lowest BCUT2D eigenvalue weighted by atomic mass is 10.2. The number of benzene rings is 1. The average Bonchev–Trinajstić information content (AvgIpc) is 2.89. The van der Waals surface area contributed by atoms with E-state index in [0.29, 0.717) is 13.1 Å². The Kier molecular flexibility index (Phi) is 6.29. The molecule has 1 amide bonds. The number of carboxylic acid groups (broad SMARTS) is 1. The predicted molar refractivity (Wildman–Crippen MR) is 103 cm³/mol. The first-order chi connectivity index (χ1) is 11.6. The van der Waals surface area contributed by atoms with Gasteiger partial charge in [0.25, 0.3) is 0 Å². The summed E-state index contributed by atoms with van der Waals surface area (Å²) in [6.07, 6.45) is -0.0889. The molecule has 0 saturated carbocycles. The summed E-state index contributed by atoms with van der Waals surface area (Å²) in [4.78, 5) is 13.1. The van der Waals surface area contributed by atoms with Crippen molar-refractivity contribution in [3.8, 4) is 0 Å². The SMILES string of the molecule is CC(C)(C)[Si](C)(C)O[C@@H]1C[C@@H](CNCc2ccccc2)N(C(=O)O)C1. The average molecular weight is 365 g/mol. The maximum absolute atomic E-state index is 11.6.